The van der Waals surface area contributed by atoms with Gasteiger partial charge in [-0.25, -0.2) is 4.79 Å². The molecule has 2 aliphatic rings. The zero-order valence-electron chi connectivity index (χ0n) is 18.1. The average molecular weight is 422 g/mol. The van der Waals surface area contributed by atoms with E-state index in [0.717, 1.165) is 5.69 Å². The van der Waals surface area contributed by atoms with Gasteiger partial charge in [0.05, 0.1) is 19.6 Å². The van der Waals surface area contributed by atoms with Crippen molar-refractivity contribution in [1.29, 1.82) is 0 Å². The lowest BCUT2D eigenvalue weighted by molar-refractivity contribution is -0.918. The third-order valence-corrected chi connectivity index (χ3v) is 6.60. The summed E-state index contributed by atoms with van der Waals surface area (Å²) in [7, 11) is 0. The minimum absolute atomic E-state index is 0.0224. The summed E-state index contributed by atoms with van der Waals surface area (Å²) in [5.74, 6) is 0.105. The molecule has 0 saturated carbocycles. The number of nitrogens with zero attached hydrogens (tertiary/aromatic N) is 1. The first-order valence-electron chi connectivity index (χ1n) is 11.5. The van der Waals surface area contributed by atoms with E-state index in [1.807, 2.05) is 36.4 Å². The Morgan fingerprint density at radius 1 is 0.935 bits per heavy atom. The number of piperidine rings is 1. The molecule has 2 aromatic carbocycles. The molecule has 6 nitrogen and oxygen atoms in total. The third-order valence-electron chi connectivity index (χ3n) is 6.60. The van der Waals surface area contributed by atoms with Gasteiger partial charge < -0.3 is 20.4 Å². The highest BCUT2D eigenvalue weighted by atomic mass is 16.2. The zero-order valence-corrected chi connectivity index (χ0v) is 18.1. The van der Waals surface area contributed by atoms with Gasteiger partial charge in [0.15, 0.2) is 0 Å². The number of quaternary nitrogens is 1. The molecule has 0 bridgehead atoms. The molecule has 3 N–H and O–H groups in total. The Labute approximate surface area is 184 Å². The fraction of sp³-hybridized carbons (Fsp3) is 0.440. The number of likely N-dealkylation sites (tertiary alicyclic amines) is 2. The van der Waals surface area contributed by atoms with Crippen molar-refractivity contribution >= 4 is 17.6 Å². The normalized spacial score (nSPS) is 18.5. The number of hydrogen-bond acceptors (Lipinski definition) is 2. The van der Waals surface area contributed by atoms with E-state index in [1.165, 1.54) is 31.5 Å². The summed E-state index contributed by atoms with van der Waals surface area (Å²) < 4.78 is 0. The number of anilines is 1. The molecule has 2 aromatic rings. The van der Waals surface area contributed by atoms with Gasteiger partial charge in [0.2, 0.25) is 5.91 Å². The van der Waals surface area contributed by atoms with Gasteiger partial charge in [-0.1, -0.05) is 48.5 Å². The zero-order chi connectivity index (χ0) is 21.5. The molecule has 1 atom stereocenters. The van der Waals surface area contributed by atoms with Gasteiger partial charge in [-0.05, 0) is 25.0 Å². The molecule has 2 fully saturated rings. The molecular formula is C25H33N4O2+. The Kier molecular flexibility index (Phi) is 7.20. The average Bonchev–Trinajstić information content (AvgIpc) is 3.35. The summed E-state index contributed by atoms with van der Waals surface area (Å²) in [4.78, 5) is 28.7. The molecule has 2 aliphatic heterocycles. The fourth-order valence-corrected chi connectivity index (χ4v) is 4.78. The minimum atomic E-state index is -0.0909. The van der Waals surface area contributed by atoms with Crippen molar-refractivity contribution in [2.45, 2.75) is 31.7 Å². The maximum absolute atomic E-state index is 12.9. The number of carbonyl (C=O) groups excluding carboxylic acids is 2. The number of benzene rings is 2. The van der Waals surface area contributed by atoms with Crippen molar-refractivity contribution in [3.05, 3.63) is 66.2 Å². The Morgan fingerprint density at radius 2 is 1.55 bits per heavy atom. The molecule has 0 unspecified atom stereocenters. The number of rotatable bonds is 6. The fourth-order valence-electron chi connectivity index (χ4n) is 4.78. The van der Waals surface area contributed by atoms with Crippen molar-refractivity contribution < 1.29 is 14.5 Å². The largest absolute Gasteiger partial charge is 0.350 e. The van der Waals surface area contributed by atoms with Crippen LogP contribution in [0.3, 0.4) is 0 Å². The summed E-state index contributed by atoms with van der Waals surface area (Å²) in [6.07, 6.45) is 3.94. The Balaban J connectivity index is 1.27. The lowest BCUT2D eigenvalue weighted by atomic mass is 9.95. The van der Waals surface area contributed by atoms with E-state index in [9.17, 15) is 9.59 Å². The molecular weight excluding hydrogens is 388 g/mol. The Morgan fingerprint density at radius 3 is 2.19 bits per heavy atom. The smallest absolute Gasteiger partial charge is 0.321 e. The van der Waals surface area contributed by atoms with Crippen molar-refractivity contribution in [2.75, 3.05) is 38.0 Å². The standard InChI is InChI=1S/C25H32N4O2/c30-24(26-19-23(28-15-7-8-16-28)20-9-3-1-4-10-20)21-13-17-29(18-14-21)25(31)27-22-11-5-2-6-12-22/h1-6,9-12,21,23H,7-8,13-19H2,(H,26,30)(H,27,31)/p+1/t23-/m0/s1. The number of urea groups is 1. The van der Waals surface area contributed by atoms with E-state index >= 15 is 0 Å². The molecule has 0 spiro atoms. The number of hydrogen-bond donors (Lipinski definition) is 3. The minimum Gasteiger partial charge on any atom is -0.350 e. The van der Waals surface area contributed by atoms with E-state index < -0.39 is 0 Å². The molecule has 0 aromatic heterocycles. The third kappa shape index (κ3) is 5.64. The number of nitrogens with one attached hydrogen (secondary N) is 3. The van der Waals surface area contributed by atoms with Crippen LogP contribution in [-0.2, 0) is 4.79 Å². The van der Waals surface area contributed by atoms with Crippen LogP contribution in [0.4, 0.5) is 10.5 Å². The SMILES string of the molecule is O=C(NC[C@@H](c1ccccc1)[NH+]1CCCC1)C1CCN(C(=O)Nc2ccccc2)CC1. The summed E-state index contributed by atoms with van der Waals surface area (Å²) in [6, 6.07) is 20.2. The molecule has 6 heteroatoms. The molecule has 31 heavy (non-hydrogen) atoms. The van der Waals surface area contributed by atoms with E-state index in [0.29, 0.717) is 38.5 Å². The molecule has 164 valence electrons. The van der Waals surface area contributed by atoms with Crippen LogP contribution in [0.5, 0.6) is 0 Å². The maximum atomic E-state index is 12.9. The number of amides is 3. The van der Waals surface area contributed by atoms with Gasteiger partial charge in [0, 0.05) is 43.1 Å². The van der Waals surface area contributed by atoms with Crippen molar-refractivity contribution in [3.8, 4) is 0 Å². The van der Waals surface area contributed by atoms with Gasteiger partial charge in [0.25, 0.3) is 0 Å². The van der Waals surface area contributed by atoms with Crippen molar-refractivity contribution in [3.63, 3.8) is 0 Å². The molecule has 0 aliphatic carbocycles. The predicted molar refractivity (Wildman–Crippen MR) is 122 cm³/mol. The van der Waals surface area contributed by atoms with Gasteiger partial charge in [0.1, 0.15) is 6.04 Å². The number of carbonyl (C=O) groups is 2. The van der Waals surface area contributed by atoms with Crippen LogP contribution in [-0.4, -0.2) is 49.6 Å². The van der Waals surface area contributed by atoms with Gasteiger partial charge in [-0.3, -0.25) is 4.79 Å². The van der Waals surface area contributed by atoms with Crippen LogP contribution in [0.25, 0.3) is 0 Å². The van der Waals surface area contributed by atoms with E-state index in [2.05, 4.69) is 34.9 Å². The summed E-state index contributed by atoms with van der Waals surface area (Å²) in [5, 5.41) is 6.16. The lowest BCUT2D eigenvalue weighted by Crippen LogP contribution is -3.11. The van der Waals surface area contributed by atoms with Crippen LogP contribution in [0.2, 0.25) is 0 Å². The van der Waals surface area contributed by atoms with Crippen LogP contribution >= 0.6 is 0 Å². The monoisotopic (exact) mass is 421 g/mol. The highest BCUT2D eigenvalue weighted by Gasteiger charge is 2.31. The first kappa shape index (κ1) is 21.4. The Bertz CT molecular complexity index is 844. The van der Waals surface area contributed by atoms with Gasteiger partial charge in [-0.15, -0.1) is 0 Å². The summed E-state index contributed by atoms with van der Waals surface area (Å²) in [5.41, 5.74) is 2.09. The van der Waals surface area contributed by atoms with Crippen LogP contribution in [0.1, 0.15) is 37.3 Å². The second kappa shape index (κ2) is 10.4. The summed E-state index contributed by atoms with van der Waals surface area (Å²) >= 11 is 0. The number of para-hydroxylation sites is 1. The molecule has 2 saturated heterocycles. The van der Waals surface area contributed by atoms with Gasteiger partial charge in [-0.2, -0.15) is 0 Å². The topological polar surface area (TPSA) is 65.9 Å². The lowest BCUT2D eigenvalue weighted by Gasteiger charge is -2.32. The van der Waals surface area contributed by atoms with Gasteiger partial charge >= 0.3 is 6.03 Å². The Hall–Kier alpha value is -2.86. The predicted octanol–water partition coefficient (Wildman–Crippen LogP) is 2.47. The van der Waals surface area contributed by atoms with Crippen molar-refractivity contribution in [1.82, 2.24) is 10.2 Å². The van der Waals surface area contributed by atoms with E-state index in [4.69, 9.17) is 0 Å². The molecule has 2 heterocycles. The molecule has 3 amide bonds. The second-order valence-electron chi connectivity index (χ2n) is 8.63. The maximum Gasteiger partial charge on any atom is 0.321 e. The highest BCUT2D eigenvalue weighted by Crippen LogP contribution is 2.19. The van der Waals surface area contributed by atoms with Crippen molar-refractivity contribution in [2.24, 2.45) is 5.92 Å². The van der Waals surface area contributed by atoms with E-state index in [1.54, 1.807) is 9.80 Å². The van der Waals surface area contributed by atoms with Crippen LogP contribution in [0, 0.1) is 5.92 Å². The quantitative estimate of drug-likeness (QED) is 0.671. The van der Waals surface area contributed by atoms with Crippen LogP contribution in [0.15, 0.2) is 60.7 Å². The molecule has 0 radical (unpaired) electrons. The molecule has 4 rings (SSSR count). The first-order valence-corrected chi connectivity index (χ1v) is 11.5. The summed E-state index contributed by atoms with van der Waals surface area (Å²) in [6.45, 7) is 4.23. The second-order valence-corrected chi connectivity index (χ2v) is 8.63. The van der Waals surface area contributed by atoms with Crippen LogP contribution < -0.4 is 15.5 Å². The first-order chi connectivity index (χ1) is 15.2. The highest BCUT2D eigenvalue weighted by molar-refractivity contribution is 5.89. The van der Waals surface area contributed by atoms with E-state index in [-0.39, 0.29) is 17.9 Å².